The van der Waals surface area contributed by atoms with Crippen molar-refractivity contribution in [3.63, 3.8) is 0 Å². The maximum atomic E-state index is 13.0. The van der Waals surface area contributed by atoms with Gasteiger partial charge in [0, 0.05) is 28.6 Å². The SMILES string of the molecule is Cc1cc(C(=O)N2CCC(C)(CN)C2)c2cc(Br)ccc2n1.Cl.Cl. The first kappa shape index (κ1) is 21.2. The van der Waals surface area contributed by atoms with E-state index < -0.39 is 0 Å². The third-order valence-corrected chi connectivity index (χ3v) is 4.96. The molecule has 132 valence electrons. The van der Waals surface area contributed by atoms with E-state index in [1.54, 1.807) is 0 Å². The second kappa shape index (κ2) is 8.00. The standard InChI is InChI=1S/C17H20BrN3O.2ClH/c1-11-7-14(13-8-12(18)3-4-15(13)20-11)16(22)21-6-5-17(2,9-19)10-21;;/h3-4,7-8H,5-6,9-10,19H2,1-2H3;2*1H. The summed E-state index contributed by atoms with van der Waals surface area (Å²) >= 11 is 3.48. The molecule has 3 rings (SSSR count). The number of nitrogens with zero attached hydrogens (tertiary/aromatic N) is 2. The van der Waals surface area contributed by atoms with Gasteiger partial charge in [-0.3, -0.25) is 9.78 Å². The maximum absolute atomic E-state index is 13.0. The number of nitrogens with two attached hydrogens (primary N) is 1. The van der Waals surface area contributed by atoms with Crippen molar-refractivity contribution < 1.29 is 4.79 Å². The normalized spacial score (nSPS) is 19.8. The van der Waals surface area contributed by atoms with E-state index >= 15 is 0 Å². The van der Waals surface area contributed by atoms with Gasteiger partial charge in [-0.1, -0.05) is 22.9 Å². The van der Waals surface area contributed by atoms with E-state index in [4.69, 9.17) is 5.73 Å². The van der Waals surface area contributed by atoms with Crippen LogP contribution >= 0.6 is 40.7 Å². The van der Waals surface area contributed by atoms with Crippen molar-refractivity contribution in [1.82, 2.24) is 9.88 Å². The lowest BCUT2D eigenvalue weighted by molar-refractivity contribution is 0.0778. The lowest BCUT2D eigenvalue weighted by Gasteiger charge is -2.23. The van der Waals surface area contributed by atoms with Gasteiger partial charge in [0.2, 0.25) is 0 Å². The average Bonchev–Trinajstić information content (AvgIpc) is 2.89. The van der Waals surface area contributed by atoms with Crippen molar-refractivity contribution in [1.29, 1.82) is 0 Å². The van der Waals surface area contributed by atoms with Crippen LogP contribution in [0.15, 0.2) is 28.7 Å². The van der Waals surface area contributed by atoms with Crippen molar-refractivity contribution in [2.45, 2.75) is 20.3 Å². The van der Waals surface area contributed by atoms with Gasteiger partial charge < -0.3 is 10.6 Å². The number of aryl methyl sites for hydroxylation is 1. The summed E-state index contributed by atoms with van der Waals surface area (Å²) in [6, 6.07) is 7.74. The minimum Gasteiger partial charge on any atom is -0.338 e. The van der Waals surface area contributed by atoms with E-state index in [9.17, 15) is 4.79 Å². The van der Waals surface area contributed by atoms with Gasteiger partial charge in [0.25, 0.3) is 5.91 Å². The zero-order valence-electron chi connectivity index (χ0n) is 13.7. The van der Waals surface area contributed by atoms with Crippen LogP contribution in [-0.4, -0.2) is 35.4 Å². The van der Waals surface area contributed by atoms with Crippen LogP contribution in [0.4, 0.5) is 0 Å². The molecule has 0 saturated carbocycles. The van der Waals surface area contributed by atoms with Crippen LogP contribution in [0.1, 0.15) is 29.4 Å². The number of carbonyl (C=O) groups is 1. The molecule has 1 unspecified atom stereocenters. The van der Waals surface area contributed by atoms with Crippen molar-refractivity contribution in [3.8, 4) is 0 Å². The molecule has 2 aromatic rings. The smallest absolute Gasteiger partial charge is 0.254 e. The fourth-order valence-corrected chi connectivity index (χ4v) is 3.40. The summed E-state index contributed by atoms with van der Waals surface area (Å²) in [5.41, 5.74) is 8.33. The fraction of sp³-hybridized carbons (Fsp3) is 0.412. The molecule has 0 spiro atoms. The van der Waals surface area contributed by atoms with Gasteiger partial charge >= 0.3 is 0 Å². The van der Waals surface area contributed by atoms with Gasteiger partial charge in [-0.25, -0.2) is 0 Å². The molecule has 0 radical (unpaired) electrons. The number of rotatable bonds is 2. The van der Waals surface area contributed by atoms with Crippen LogP contribution in [0.2, 0.25) is 0 Å². The number of hydrogen-bond acceptors (Lipinski definition) is 3. The first-order valence-corrected chi connectivity index (χ1v) is 8.27. The van der Waals surface area contributed by atoms with Crippen LogP contribution in [0.25, 0.3) is 10.9 Å². The molecule has 4 nitrogen and oxygen atoms in total. The largest absolute Gasteiger partial charge is 0.338 e. The van der Waals surface area contributed by atoms with E-state index in [1.807, 2.05) is 36.1 Å². The van der Waals surface area contributed by atoms with E-state index in [2.05, 4.69) is 27.8 Å². The Morgan fingerprint density at radius 3 is 2.71 bits per heavy atom. The second-order valence-corrected chi connectivity index (χ2v) is 7.38. The monoisotopic (exact) mass is 433 g/mol. The Morgan fingerprint density at radius 2 is 2.08 bits per heavy atom. The molecule has 1 aliphatic rings. The molecular formula is C17H22BrCl2N3O. The molecule has 0 bridgehead atoms. The summed E-state index contributed by atoms with van der Waals surface area (Å²) in [6.45, 7) is 6.17. The molecular weight excluding hydrogens is 413 g/mol. The minimum absolute atomic E-state index is 0. The molecule has 1 aromatic heterocycles. The van der Waals surface area contributed by atoms with E-state index in [1.165, 1.54) is 0 Å². The molecule has 1 atom stereocenters. The molecule has 7 heteroatoms. The fourth-order valence-electron chi connectivity index (χ4n) is 3.04. The Morgan fingerprint density at radius 1 is 1.38 bits per heavy atom. The highest BCUT2D eigenvalue weighted by Crippen LogP contribution is 2.31. The molecule has 1 amide bonds. The topological polar surface area (TPSA) is 59.2 Å². The summed E-state index contributed by atoms with van der Waals surface area (Å²) in [5, 5.41) is 0.895. The molecule has 2 heterocycles. The van der Waals surface area contributed by atoms with E-state index in [0.29, 0.717) is 6.54 Å². The highest BCUT2D eigenvalue weighted by Gasteiger charge is 2.35. The predicted molar refractivity (Wildman–Crippen MR) is 106 cm³/mol. The minimum atomic E-state index is 0. The molecule has 1 saturated heterocycles. The van der Waals surface area contributed by atoms with Gasteiger partial charge in [0.1, 0.15) is 0 Å². The van der Waals surface area contributed by atoms with Crippen molar-refractivity contribution >= 4 is 57.6 Å². The average molecular weight is 435 g/mol. The summed E-state index contributed by atoms with van der Waals surface area (Å²) < 4.78 is 0.952. The number of benzene rings is 1. The molecule has 1 aromatic carbocycles. The first-order valence-electron chi connectivity index (χ1n) is 7.48. The Balaban J connectivity index is 0.00000144. The lowest BCUT2D eigenvalue weighted by atomic mass is 9.90. The summed E-state index contributed by atoms with van der Waals surface area (Å²) in [7, 11) is 0. The van der Waals surface area contributed by atoms with Crippen LogP contribution in [0.3, 0.4) is 0 Å². The Kier molecular flexibility index (Phi) is 7.05. The molecule has 1 fully saturated rings. The van der Waals surface area contributed by atoms with Crippen molar-refractivity contribution in [2.24, 2.45) is 11.1 Å². The highest BCUT2D eigenvalue weighted by molar-refractivity contribution is 9.10. The zero-order chi connectivity index (χ0) is 15.9. The Hall–Kier alpha value is -0.880. The van der Waals surface area contributed by atoms with Crippen LogP contribution < -0.4 is 5.73 Å². The van der Waals surface area contributed by atoms with Gasteiger partial charge in [-0.05, 0) is 49.6 Å². The highest BCUT2D eigenvalue weighted by atomic mass is 79.9. The van der Waals surface area contributed by atoms with Crippen LogP contribution in [0.5, 0.6) is 0 Å². The van der Waals surface area contributed by atoms with Gasteiger partial charge in [-0.15, -0.1) is 24.8 Å². The van der Waals surface area contributed by atoms with Gasteiger partial charge in [0.15, 0.2) is 0 Å². The predicted octanol–water partition coefficient (Wildman–Crippen LogP) is 3.96. The van der Waals surface area contributed by atoms with Gasteiger partial charge in [-0.2, -0.15) is 0 Å². The Labute approximate surface area is 163 Å². The molecule has 2 N–H and O–H groups in total. The number of likely N-dealkylation sites (tertiary alicyclic amines) is 1. The van der Waals surface area contributed by atoms with E-state index in [0.717, 1.165) is 46.1 Å². The van der Waals surface area contributed by atoms with Crippen molar-refractivity contribution in [2.75, 3.05) is 19.6 Å². The molecule has 1 aliphatic heterocycles. The number of fused-ring (bicyclic) bond motifs is 1. The summed E-state index contributed by atoms with van der Waals surface area (Å²) in [5.74, 6) is 0.0748. The van der Waals surface area contributed by atoms with Crippen LogP contribution in [-0.2, 0) is 0 Å². The number of amides is 1. The summed E-state index contributed by atoms with van der Waals surface area (Å²) in [4.78, 5) is 19.4. The number of hydrogen-bond donors (Lipinski definition) is 1. The number of carbonyl (C=O) groups excluding carboxylic acids is 1. The van der Waals surface area contributed by atoms with Crippen LogP contribution in [0, 0.1) is 12.3 Å². The second-order valence-electron chi connectivity index (χ2n) is 6.46. The number of aromatic nitrogens is 1. The first-order chi connectivity index (χ1) is 10.4. The zero-order valence-corrected chi connectivity index (χ0v) is 16.9. The third-order valence-electron chi connectivity index (χ3n) is 4.47. The third kappa shape index (κ3) is 4.02. The molecule has 0 aliphatic carbocycles. The Bertz CT molecular complexity index is 756. The van der Waals surface area contributed by atoms with Crippen molar-refractivity contribution in [3.05, 3.63) is 40.0 Å². The quantitative estimate of drug-likeness (QED) is 0.777. The summed E-state index contributed by atoms with van der Waals surface area (Å²) in [6.07, 6.45) is 0.959. The number of pyridine rings is 1. The number of halogens is 3. The van der Waals surface area contributed by atoms with E-state index in [-0.39, 0.29) is 36.1 Å². The maximum Gasteiger partial charge on any atom is 0.254 e. The lowest BCUT2D eigenvalue weighted by Crippen LogP contribution is -2.34. The molecule has 24 heavy (non-hydrogen) atoms. The van der Waals surface area contributed by atoms with Gasteiger partial charge in [0.05, 0.1) is 11.1 Å².